The van der Waals surface area contributed by atoms with Crippen LogP contribution in [0.2, 0.25) is 0 Å². The number of aliphatic hydroxyl groups is 2. The molecular formula is C24H30O10. The lowest BCUT2D eigenvalue weighted by atomic mass is 10.0. The zero-order valence-corrected chi connectivity index (χ0v) is 19.6. The van der Waals surface area contributed by atoms with Gasteiger partial charge in [0.25, 0.3) is 0 Å². The minimum absolute atomic E-state index is 0.0583. The van der Waals surface area contributed by atoms with E-state index in [0.29, 0.717) is 0 Å². The van der Waals surface area contributed by atoms with Crippen molar-refractivity contribution in [3.63, 3.8) is 0 Å². The summed E-state index contributed by atoms with van der Waals surface area (Å²) in [6.45, 7) is 0.0664. The zero-order valence-electron chi connectivity index (χ0n) is 19.6. The highest BCUT2D eigenvalue weighted by molar-refractivity contribution is 5.95. The molecule has 3 rings (SSSR count). The van der Waals surface area contributed by atoms with E-state index >= 15 is 0 Å². The molecule has 1 fully saturated rings. The summed E-state index contributed by atoms with van der Waals surface area (Å²) < 4.78 is 38.3. The summed E-state index contributed by atoms with van der Waals surface area (Å²) in [5.41, 5.74) is 0.992. The lowest BCUT2D eigenvalue weighted by molar-refractivity contribution is -0.262. The van der Waals surface area contributed by atoms with Gasteiger partial charge in [-0.05, 0) is 5.56 Å². The highest BCUT2D eigenvalue weighted by Crippen LogP contribution is 2.47. The van der Waals surface area contributed by atoms with Crippen LogP contribution in [-0.2, 0) is 20.8 Å². The summed E-state index contributed by atoms with van der Waals surface area (Å²) in [6, 6.07) is 11.0. The van der Waals surface area contributed by atoms with Crippen molar-refractivity contribution in [2.24, 2.45) is 0 Å². The standard InChI is InChI=1S/C24H30O10/c1-28-18-11-16(23(27)33-13-15-10-17(25)19(26)24(31-4)34-15)20(29-2)22(30-3)21(18)32-12-14-8-6-5-7-9-14/h5-9,11,15,17,19,24-26H,10,12-13H2,1-4H3. The van der Waals surface area contributed by atoms with Crippen molar-refractivity contribution in [1.82, 2.24) is 0 Å². The van der Waals surface area contributed by atoms with Crippen LogP contribution in [0.25, 0.3) is 0 Å². The van der Waals surface area contributed by atoms with Crippen LogP contribution in [0.3, 0.4) is 0 Å². The van der Waals surface area contributed by atoms with Crippen molar-refractivity contribution in [2.75, 3.05) is 35.0 Å². The Bertz CT molecular complexity index is 949. The third-order valence-corrected chi connectivity index (χ3v) is 5.37. The smallest absolute Gasteiger partial charge is 0.342 e. The predicted molar refractivity (Wildman–Crippen MR) is 119 cm³/mol. The van der Waals surface area contributed by atoms with Crippen molar-refractivity contribution >= 4 is 5.97 Å². The van der Waals surface area contributed by atoms with Crippen molar-refractivity contribution in [3.8, 4) is 23.0 Å². The monoisotopic (exact) mass is 478 g/mol. The zero-order chi connectivity index (χ0) is 24.7. The maximum atomic E-state index is 12.9. The van der Waals surface area contributed by atoms with Gasteiger partial charge in [0.1, 0.15) is 24.9 Å². The van der Waals surface area contributed by atoms with Crippen molar-refractivity contribution in [1.29, 1.82) is 0 Å². The Labute approximate surface area is 197 Å². The quantitative estimate of drug-likeness (QED) is 0.490. The van der Waals surface area contributed by atoms with Crippen LogP contribution in [0.5, 0.6) is 23.0 Å². The number of rotatable bonds is 10. The number of carbonyl (C=O) groups is 1. The molecule has 1 aliphatic rings. The molecule has 0 amide bonds. The first kappa shape index (κ1) is 25.6. The number of hydrogen-bond donors (Lipinski definition) is 2. The van der Waals surface area contributed by atoms with Gasteiger partial charge >= 0.3 is 5.97 Å². The molecule has 0 aliphatic carbocycles. The summed E-state index contributed by atoms with van der Waals surface area (Å²) >= 11 is 0. The van der Waals surface area contributed by atoms with E-state index in [1.54, 1.807) is 0 Å². The van der Waals surface area contributed by atoms with Crippen LogP contribution in [0.4, 0.5) is 0 Å². The molecule has 2 aromatic carbocycles. The predicted octanol–water partition coefficient (Wildman–Crippen LogP) is 1.93. The van der Waals surface area contributed by atoms with E-state index < -0.39 is 30.6 Å². The number of benzene rings is 2. The summed E-state index contributed by atoms with van der Waals surface area (Å²) in [7, 11) is 5.61. The summed E-state index contributed by atoms with van der Waals surface area (Å²) in [6.07, 6.45) is -3.88. The number of hydrogen-bond acceptors (Lipinski definition) is 10. The Morgan fingerprint density at radius 1 is 1.00 bits per heavy atom. The Hall–Kier alpha value is -3.05. The van der Waals surface area contributed by atoms with E-state index in [9.17, 15) is 15.0 Å². The summed E-state index contributed by atoms with van der Waals surface area (Å²) in [5, 5.41) is 19.9. The van der Waals surface area contributed by atoms with Crippen LogP contribution in [0.1, 0.15) is 22.3 Å². The fourth-order valence-corrected chi connectivity index (χ4v) is 3.62. The fourth-order valence-electron chi connectivity index (χ4n) is 3.62. The van der Waals surface area contributed by atoms with E-state index in [2.05, 4.69) is 0 Å². The molecule has 186 valence electrons. The molecular weight excluding hydrogens is 448 g/mol. The second-order valence-corrected chi connectivity index (χ2v) is 7.55. The van der Waals surface area contributed by atoms with Gasteiger partial charge in [-0.15, -0.1) is 0 Å². The number of ether oxygens (including phenoxy) is 7. The molecule has 2 aromatic rings. The molecule has 10 nitrogen and oxygen atoms in total. The topological polar surface area (TPSA) is 122 Å². The third-order valence-electron chi connectivity index (χ3n) is 5.37. The highest BCUT2D eigenvalue weighted by atomic mass is 16.7. The van der Waals surface area contributed by atoms with Gasteiger partial charge in [0.2, 0.25) is 11.5 Å². The molecule has 2 N–H and O–H groups in total. The fraction of sp³-hybridized carbons (Fsp3) is 0.458. The SMILES string of the molecule is COc1cc(C(=O)OCC2CC(O)C(O)C(OC)O2)c(OC)c(OC)c1OCc1ccccc1. The largest absolute Gasteiger partial charge is 0.493 e. The summed E-state index contributed by atoms with van der Waals surface area (Å²) in [4.78, 5) is 12.9. The molecule has 34 heavy (non-hydrogen) atoms. The van der Waals surface area contributed by atoms with E-state index in [4.69, 9.17) is 33.2 Å². The summed E-state index contributed by atoms with van der Waals surface area (Å²) in [5.74, 6) is 0.106. The molecule has 1 saturated heterocycles. The van der Waals surface area contributed by atoms with Gasteiger partial charge in [-0.25, -0.2) is 4.79 Å². The molecule has 0 radical (unpaired) electrons. The molecule has 0 spiro atoms. The first-order chi connectivity index (χ1) is 16.4. The maximum absolute atomic E-state index is 12.9. The highest BCUT2D eigenvalue weighted by Gasteiger charge is 2.37. The van der Waals surface area contributed by atoms with E-state index in [-0.39, 0.29) is 48.2 Å². The molecule has 0 bridgehead atoms. The van der Waals surface area contributed by atoms with E-state index in [1.165, 1.54) is 34.5 Å². The van der Waals surface area contributed by atoms with Crippen LogP contribution in [0.15, 0.2) is 36.4 Å². The number of aliphatic hydroxyl groups excluding tert-OH is 2. The van der Waals surface area contributed by atoms with Crippen molar-refractivity contribution in [3.05, 3.63) is 47.5 Å². The van der Waals surface area contributed by atoms with Gasteiger partial charge in [0.05, 0.1) is 33.5 Å². The average Bonchev–Trinajstić information content (AvgIpc) is 2.87. The molecule has 10 heteroatoms. The van der Waals surface area contributed by atoms with Gasteiger partial charge in [0.15, 0.2) is 17.8 Å². The lowest BCUT2D eigenvalue weighted by Crippen LogP contribution is -2.50. The Morgan fingerprint density at radius 3 is 2.32 bits per heavy atom. The van der Waals surface area contributed by atoms with Gasteiger partial charge < -0.3 is 43.4 Å². The minimum Gasteiger partial charge on any atom is -0.493 e. The molecule has 4 unspecified atom stereocenters. The van der Waals surface area contributed by atoms with Gasteiger partial charge in [0, 0.05) is 19.6 Å². The Kier molecular flexibility index (Phi) is 8.94. The lowest BCUT2D eigenvalue weighted by Gasteiger charge is -2.35. The second-order valence-electron chi connectivity index (χ2n) is 7.55. The normalized spacial score (nSPS) is 22.1. The number of esters is 1. The van der Waals surface area contributed by atoms with E-state index in [0.717, 1.165) is 5.56 Å². The Morgan fingerprint density at radius 2 is 1.71 bits per heavy atom. The maximum Gasteiger partial charge on any atom is 0.342 e. The second kappa shape index (κ2) is 11.9. The molecule has 0 saturated carbocycles. The third kappa shape index (κ3) is 5.71. The number of carbonyl (C=O) groups excluding carboxylic acids is 1. The number of methoxy groups -OCH3 is 4. The minimum atomic E-state index is -1.19. The molecule has 1 aliphatic heterocycles. The van der Waals surface area contributed by atoms with Crippen molar-refractivity contribution < 1.29 is 48.2 Å². The van der Waals surface area contributed by atoms with Crippen LogP contribution in [0, 0.1) is 0 Å². The first-order valence-corrected chi connectivity index (χ1v) is 10.6. The van der Waals surface area contributed by atoms with Crippen LogP contribution < -0.4 is 18.9 Å². The average molecular weight is 478 g/mol. The van der Waals surface area contributed by atoms with Gasteiger partial charge in [-0.1, -0.05) is 30.3 Å². The van der Waals surface area contributed by atoms with E-state index in [1.807, 2.05) is 30.3 Å². The van der Waals surface area contributed by atoms with Gasteiger partial charge in [-0.3, -0.25) is 0 Å². The molecule has 1 heterocycles. The Balaban J connectivity index is 1.79. The van der Waals surface area contributed by atoms with Crippen LogP contribution in [-0.4, -0.2) is 75.8 Å². The molecule has 0 aromatic heterocycles. The van der Waals surface area contributed by atoms with Crippen LogP contribution >= 0.6 is 0 Å². The van der Waals surface area contributed by atoms with Gasteiger partial charge in [-0.2, -0.15) is 0 Å². The first-order valence-electron chi connectivity index (χ1n) is 10.6. The van der Waals surface area contributed by atoms with Crippen molar-refractivity contribution in [2.45, 2.75) is 37.6 Å². The molecule has 4 atom stereocenters.